The molecule has 1 rings (SSSR count). The van der Waals surface area contributed by atoms with Crippen molar-refractivity contribution in [3.8, 4) is 0 Å². The van der Waals surface area contributed by atoms with Crippen molar-refractivity contribution in [3.63, 3.8) is 0 Å². The van der Waals surface area contributed by atoms with E-state index >= 15 is 0 Å². The molecular weight excluding hydrogens is 188 g/mol. The van der Waals surface area contributed by atoms with Crippen LogP contribution in [0.15, 0.2) is 18.3 Å². The Kier molecular flexibility index (Phi) is 3.51. The third-order valence-electron chi connectivity index (χ3n) is 1.64. The largest absolute Gasteiger partial charge is 0.392 e. The van der Waals surface area contributed by atoms with E-state index in [0.717, 1.165) is 0 Å². The smallest absolute Gasteiger partial charge is 0.147 e. The van der Waals surface area contributed by atoms with E-state index in [0.29, 0.717) is 17.4 Å². The molecule has 3 nitrogen and oxygen atoms in total. The van der Waals surface area contributed by atoms with Gasteiger partial charge in [-0.2, -0.15) is 0 Å². The first-order chi connectivity index (χ1) is 6.11. The standard InChI is InChI=1S/C9H13ClN2O/c1-7(13)6-12(2)9-8(10)4-3-5-11-9/h3-5,7,13H,6H2,1-2H3. The summed E-state index contributed by atoms with van der Waals surface area (Å²) in [6.45, 7) is 2.25. The lowest BCUT2D eigenvalue weighted by Crippen LogP contribution is -2.27. The van der Waals surface area contributed by atoms with Crippen LogP contribution in [0.25, 0.3) is 0 Å². The molecule has 0 bridgehead atoms. The van der Waals surface area contributed by atoms with Gasteiger partial charge in [0.1, 0.15) is 5.82 Å². The molecule has 72 valence electrons. The van der Waals surface area contributed by atoms with Crippen molar-refractivity contribution in [3.05, 3.63) is 23.4 Å². The summed E-state index contributed by atoms with van der Waals surface area (Å²) in [6.07, 6.45) is 1.29. The first-order valence-corrected chi connectivity index (χ1v) is 4.48. The highest BCUT2D eigenvalue weighted by Crippen LogP contribution is 2.20. The number of pyridine rings is 1. The number of hydrogen-bond acceptors (Lipinski definition) is 3. The highest BCUT2D eigenvalue weighted by Gasteiger charge is 2.08. The van der Waals surface area contributed by atoms with Crippen molar-refractivity contribution in [1.29, 1.82) is 0 Å². The number of likely N-dealkylation sites (N-methyl/N-ethyl adjacent to an activating group) is 1. The SMILES string of the molecule is CC(O)CN(C)c1ncccc1Cl. The average Bonchev–Trinajstić information content (AvgIpc) is 2.03. The van der Waals surface area contributed by atoms with Crippen LogP contribution in [0.4, 0.5) is 5.82 Å². The first kappa shape index (κ1) is 10.3. The summed E-state index contributed by atoms with van der Waals surface area (Å²) in [4.78, 5) is 5.94. The second kappa shape index (κ2) is 4.44. The van der Waals surface area contributed by atoms with Gasteiger partial charge in [0.15, 0.2) is 0 Å². The summed E-state index contributed by atoms with van der Waals surface area (Å²) in [5, 5.41) is 9.76. The van der Waals surface area contributed by atoms with Crippen molar-refractivity contribution in [2.24, 2.45) is 0 Å². The maximum Gasteiger partial charge on any atom is 0.147 e. The second-order valence-corrected chi connectivity index (χ2v) is 3.45. The summed E-state index contributed by atoms with van der Waals surface area (Å²) in [5.74, 6) is 0.699. The third kappa shape index (κ3) is 2.86. The van der Waals surface area contributed by atoms with Crippen LogP contribution < -0.4 is 4.90 Å². The number of aliphatic hydroxyl groups excluding tert-OH is 1. The lowest BCUT2D eigenvalue weighted by atomic mass is 10.3. The van der Waals surface area contributed by atoms with Gasteiger partial charge in [-0.15, -0.1) is 0 Å². The minimum atomic E-state index is -0.386. The van der Waals surface area contributed by atoms with Crippen LogP contribution in [0.2, 0.25) is 5.02 Å². The van der Waals surface area contributed by atoms with Gasteiger partial charge in [0.25, 0.3) is 0 Å². The molecular formula is C9H13ClN2O. The van der Waals surface area contributed by atoms with Gasteiger partial charge < -0.3 is 10.0 Å². The Hall–Kier alpha value is -0.800. The fourth-order valence-corrected chi connectivity index (χ4v) is 1.41. The quantitative estimate of drug-likeness (QED) is 0.805. The average molecular weight is 201 g/mol. The van der Waals surface area contributed by atoms with Gasteiger partial charge in [0.2, 0.25) is 0 Å². The zero-order chi connectivity index (χ0) is 9.84. The van der Waals surface area contributed by atoms with Crippen LogP contribution in [-0.4, -0.2) is 29.8 Å². The summed E-state index contributed by atoms with van der Waals surface area (Å²) in [6, 6.07) is 3.56. The van der Waals surface area contributed by atoms with Crippen molar-refractivity contribution < 1.29 is 5.11 Å². The molecule has 0 aliphatic rings. The Morgan fingerprint density at radius 1 is 1.69 bits per heavy atom. The normalized spacial score (nSPS) is 12.6. The molecule has 1 N–H and O–H groups in total. The van der Waals surface area contributed by atoms with Gasteiger partial charge in [-0.25, -0.2) is 4.98 Å². The molecule has 1 heterocycles. The monoisotopic (exact) mass is 200 g/mol. The van der Waals surface area contributed by atoms with Crippen molar-refractivity contribution in [1.82, 2.24) is 4.98 Å². The first-order valence-electron chi connectivity index (χ1n) is 4.11. The summed E-state index contributed by atoms with van der Waals surface area (Å²) >= 11 is 5.92. The second-order valence-electron chi connectivity index (χ2n) is 3.04. The number of nitrogens with zero attached hydrogens (tertiary/aromatic N) is 2. The summed E-state index contributed by atoms with van der Waals surface area (Å²) in [7, 11) is 1.85. The van der Waals surface area contributed by atoms with Crippen molar-refractivity contribution in [2.45, 2.75) is 13.0 Å². The van der Waals surface area contributed by atoms with Gasteiger partial charge in [0, 0.05) is 19.8 Å². The van der Waals surface area contributed by atoms with E-state index in [1.54, 1.807) is 25.3 Å². The van der Waals surface area contributed by atoms with Crippen LogP contribution in [0.1, 0.15) is 6.92 Å². The number of anilines is 1. The minimum absolute atomic E-state index is 0.386. The molecule has 0 saturated carbocycles. The molecule has 0 saturated heterocycles. The number of aromatic nitrogens is 1. The predicted molar refractivity (Wildman–Crippen MR) is 54.2 cm³/mol. The zero-order valence-electron chi connectivity index (χ0n) is 7.74. The number of rotatable bonds is 3. The van der Waals surface area contributed by atoms with Gasteiger partial charge >= 0.3 is 0 Å². The molecule has 0 radical (unpaired) electrons. The molecule has 1 atom stereocenters. The summed E-state index contributed by atoms with van der Waals surface area (Å²) < 4.78 is 0. The van der Waals surface area contributed by atoms with E-state index in [-0.39, 0.29) is 6.10 Å². The van der Waals surface area contributed by atoms with Crippen LogP contribution in [0.5, 0.6) is 0 Å². The number of hydrogen-bond donors (Lipinski definition) is 1. The van der Waals surface area contributed by atoms with E-state index in [1.807, 2.05) is 11.9 Å². The molecule has 1 aromatic heterocycles. The maximum atomic E-state index is 9.16. The maximum absolute atomic E-state index is 9.16. The molecule has 1 unspecified atom stereocenters. The Balaban J connectivity index is 2.76. The molecule has 1 aromatic rings. The zero-order valence-corrected chi connectivity index (χ0v) is 8.49. The summed E-state index contributed by atoms with van der Waals surface area (Å²) in [5.41, 5.74) is 0. The Bertz CT molecular complexity index is 278. The Morgan fingerprint density at radius 2 is 2.38 bits per heavy atom. The highest BCUT2D eigenvalue weighted by atomic mass is 35.5. The lowest BCUT2D eigenvalue weighted by Gasteiger charge is -2.20. The lowest BCUT2D eigenvalue weighted by molar-refractivity contribution is 0.201. The van der Waals surface area contributed by atoms with Gasteiger partial charge in [-0.1, -0.05) is 11.6 Å². The van der Waals surface area contributed by atoms with Gasteiger partial charge in [-0.3, -0.25) is 0 Å². The third-order valence-corrected chi connectivity index (χ3v) is 1.93. The molecule has 4 heteroatoms. The minimum Gasteiger partial charge on any atom is -0.392 e. The number of halogens is 1. The van der Waals surface area contributed by atoms with Crippen LogP contribution in [-0.2, 0) is 0 Å². The fourth-order valence-electron chi connectivity index (χ4n) is 1.14. The van der Waals surface area contributed by atoms with E-state index in [9.17, 15) is 0 Å². The Morgan fingerprint density at radius 3 is 2.92 bits per heavy atom. The molecule has 0 aliphatic carbocycles. The van der Waals surface area contributed by atoms with Crippen LogP contribution in [0, 0.1) is 0 Å². The Labute approximate surface area is 83.0 Å². The van der Waals surface area contributed by atoms with E-state index < -0.39 is 0 Å². The molecule has 13 heavy (non-hydrogen) atoms. The van der Waals surface area contributed by atoms with E-state index in [2.05, 4.69) is 4.98 Å². The topological polar surface area (TPSA) is 36.4 Å². The van der Waals surface area contributed by atoms with Gasteiger partial charge in [0.05, 0.1) is 11.1 Å². The van der Waals surface area contributed by atoms with Crippen molar-refractivity contribution >= 4 is 17.4 Å². The van der Waals surface area contributed by atoms with E-state index in [4.69, 9.17) is 16.7 Å². The fraction of sp³-hybridized carbons (Fsp3) is 0.444. The molecule has 0 fully saturated rings. The van der Waals surface area contributed by atoms with Crippen molar-refractivity contribution in [2.75, 3.05) is 18.5 Å². The number of aliphatic hydroxyl groups is 1. The molecule has 0 aliphatic heterocycles. The van der Waals surface area contributed by atoms with Gasteiger partial charge in [-0.05, 0) is 19.1 Å². The molecule has 0 spiro atoms. The van der Waals surface area contributed by atoms with E-state index in [1.165, 1.54) is 0 Å². The highest BCUT2D eigenvalue weighted by molar-refractivity contribution is 6.32. The molecule has 0 aromatic carbocycles. The van der Waals surface area contributed by atoms with Crippen LogP contribution in [0.3, 0.4) is 0 Å². The van der Waals surface area contributed by atoms with Crippen LogP contribution >= 0.6 is 11.6 Å². The molecule has 0 amide bonds. The predicted octanol–water partition coefficient (Wildman–Crippen LogP) is 1.55.